The Morgan fingerprint density at radius 3 is 2.95 bits per heavy atom. The molecule has 5 nitrogen and oxygen atoms in total. The monoisotopic (exact) mass is 292 g/mol. The average molecular weight is 292 g/mol. The van der Waals surface area contributed by atoms with Gasteiger partial charge in [0, 0.05) is 32.4 Å². The molecule has 5 heteroatoms. The molecule has 2 N–H and O–H groups in total. The van der Waals surface area contributed by atoms with Gasteiger partial charge < -0.3 is 20.1 Å². The molecule has 1 aliphatic heterocycles. The molecule has 21 heavy (non-hydrogen) atoms. The van der Waals surface area contributed by atoms with Gasteiger partial charge in [-0.2, -0.15) is 0 Å². The number of hydrogen-bond donors (Lipinski definition) is 2. The van der Waals surface area contributed by atoms with Crippen LogP contribution in [0.15, 0.2) is 24.3 Å². The third-order valence-corrected chi connectivity index (χ3v) is 3.53. The number of anilines is 1. The number of methoxy groups -OCH3 is 1. The van der Waals surface area contributed by atoms with E-state index in [-0.39, 0.29) is 11.9 Å². The third-order valence-electron chi connectivity index (χ3n) is 3.53. The van der Waals surface area contributed by atoms with Gasteiger partial charge in [-0.15, -0.1) is 0 Å². The molecule has 0 saturated heterocycles. The fourth-order valence-corrected chi connectivity index (χ4v) is 2.36. The van der Waals surface area contributed by atoms with Crippen LogP contribution in [0.3, 0.4) is 0 Å². The highest BCUT2D eigenvalue weighted by molar-refractivity contribution is 5.87. The van der Waals surface area contributed by atoms with Crippen LogP contribution in [0, 0.1) is 0 Å². The van der Waals surface area contributed by atoms with E-state index < -0.39 is 0 Å². The number of nitrogens with one attached hydrogen (secondary N) is 2. The molecular formula is C16H24N2O3. The lowest BCUT2D eigenvalue weighted by molar-refractivity contribution is -0.121. The predicted octanol–water partition coefficient (Wildman–Crippen LogP) is 1.58. The van der Waals surface area contributed by atoms with Gasteiger partial charge in [0.2, 0.25) is 5.91 Å². The van der Waals surface area contributed by atoms with Gasteiger partial charge in [0.1, 0.15) is 6.04 Å². The topological polar surface area (TPSA) is 59.6 Å². The Labute approximate surface area is 126 Å². The summed E-state index contributed by atoms with van der Waals surface area (Å²) in [6.07, 6.45) is 2.64. The summed E-state index contributed by atoms with van der Waals surface area (Å²) in [6, 6.07) is 7.92. The number of para-hydroxylation sites is 1. The van der Waals surface area contributed by atoms with E-state index in [0.717, 1.165) is 24.9 Å². The third kappa shape index (κ3) is 5.02. The van der Waals surface area contributed by atoms with E-state index in [1.807, 2.05) is 18.2 Å². The quantitative estimate of drug-likeness (QED) is 0.679. The molecule has 0 spiro atoms. The average Bonchev–Trinajstić information content (AvgIpc) is 2.94. The SMILES string of the molecule is COCCOCCCCNC(=O)[C@@H]1Cc2ccccc2N1. The maximum atomic E-state index is 12.1. The van der Waals surface area contributed by atoms with E-state index in [9.17, 15) is 4.79 Å². The van der Waals surface area contributed by atoms with E-state index in [2.05, 4.69) is 16.7 Å². The number of benzene rings is 1. The van der Waals surface area contributed by atoms with Crippen molar-refractivity contribution in [3.05, 3.63) is 29.8 Å². The Morgan fingerprint density at radius 2 is 2.14 bits per heavy atom. The molecule has 0 fully saturated rings. The van der Waals surface area contributed by atoms with Crippen molar-refractivity contribution in [1.29, 1.82) is 0 Å². The highest BCUT2D eigenvalue weighted by Gasteiger charge is 2.25. The summed E-state index contributed by atoms with van der Waals surface area (Å²) in [6.45, 7) is 2.67. The van der Waals surface area contributed by atoms with Gasteiger partial charge in [-0.25, -0.2) is 0 Å². The molecule has 1 aromatic rings. The first-order valence-corrected chi connectivity index (χ1v) is 7.50. The van der Waals surface area contributed by atoms with Crippen molar-refractivity contribution in [2.75, 3.05) is 38.8 Å². The lowest BCUT2D eigenvalue weighted by Crippen LogP contribution is -2.38. The molecule has 1 aliphatic rings. The van der Waals surface area contributed by atoms with E-state index in [0.29, 0.717) is 26.4 Å². The van der Waals surface area contributed by atoms with Crippen LogP contribution in [-0.2, 0) is 20.7 Å². The van der Waals surface area contributed by atoms with E-state index in [1.165, 1.54) is 5.56 Å². The largest absolute Gasteiger partial charge is 0.382 e. The van der Waals surface area contributed by atoms with Crippen molar-refractivity contribution in [2.24, 2.45) is 0 Å². The predicted molar refractivity (Wildman–Crippen MR) is 82.5 cm³/mol. The Bertz CT molecular complexity index is 426. The molecule has 2 rings (SSSR count). The van der Waals surface area contributed by atoms with Crippen LogP contribution in [-0.4, -0.2) is 45.4 Å². The standard InChI is InChI=1S/C16H24N2O3/c1-20-10-11-21-9-5-4-8-17-16(19)15-12-13-6-2-3-7-14(13)18-15/h2-3,6-7,15,18H,4-5,8-12H2,1H3,(H,17,19)/t15-/m0/s1. The van der Waals surface area contributed by atoms with Crippen molar-refractivity contribution in [1.82, 2.24) is 5.32 Å². The minimum atomic E-state index is -0.139. The zero-order chi connectivity index (χ0) is 14.9. The summed E-state index contributed by atoms with van der Waals surface area (Å²) in [5, 5.41) is 6.24. The molecule has 1 heterocycles. The Kier molecular flexibility index (Phi) is 6.50. The highest BCUT2D eigenvalue weighted by atomic mass is 16.5. The highest BCUT2D eigenvalue weighted by Crippen LogP contribution is 2.24. The molecular weight excluding hydrogens is 268 g/mol. The smallest absolute Gasteiger partial charge is 0.242 e. The summed E-state index contributed by atoms with van der Waals surface area (Å²) in [4.78, 5) is 12.1. The minimum Gasteiger partial charge on any atom is -0.382 e. The van der Waals surface area contributed by atoms with Crippen molar-refractivity contribution in [3.63, 3.8) is 0 Å². The summed E-state index contributed by atoms with van der Waals surface area (Å²) >= 11 is 0. The van der Waals surface area contributed by atoms with Gasteiger partial charge in [-0.05, 0) is 24.5 Å². The van der Waals surface area contributed by atoms with Crippen molar-refractivity contribution < 1.29 is 14.3 Å². The van der Waals surface area contributed by atoms with E-state index in [4.69, 9.17) is 9.47 Å². The second kappa shape index (κ2) is 8.64. The van der Waals surface area contributed by atoms with E-state index >= 15 is 0 Å². The molecule has 0 aromatic heterocycles. The second-order valence-electron chi connectivity index (χ2n) is 5.16. The summed E-state index contributed by atoms with van der Waals surface area (Å²) < 4.78 is 10.3. The number of rotatable bonds is 9. The number of hydrogen-bond acceptors (Lipinski definition) is 4. The maximum absolute atomic E-state index is 12.1. The van der Waals surface area contributed by atoms with Gasteiger partial charge in [-0.1, -0.05) is 18.2 Å². The van der Waals surface area contributed by atoms with Crippen LogP contribution in [0.5, 0.6) is 0 Å². The van der Waals surface area contributed by atoms with Crippen molar-refractivity contribution in [3.8, 4) is 0 Å². The molecule has 1 atom stereocenters. The molecule has 0 aliphatic carbocycles. The van der Waals surface area contributed by atoms with E-state index in [1.54, 1.807) is 7.11 Å². The second-order valence-corrected chi connectivity index (χ2v) is 5.16. The molecule has 0 radical (unpaired) electrons. The Morgan fingerprint density at radius 1 is 1.29 bits per heavy atom. The van der Waals surface area contributed by atoms with Crippen LogP contribution >= 0.6 is 0 Å². The molecule has 0 unspecified atom stereocenters. The summed E-state index contributed by atoms with van der Waals surface area (Å²) in [5.41, 5.74) is 2.29. The summed E-state index contributed by atoms with van der Waals surface area (Å²) in [7, 11) is 1.66. The molecule has 0 saturated carbocycles. The van der Waals surface area contributed by atoms with Gasteiger partial charge in [0.05, 0.1) is 13.2 Å². The van der Waals surface area contributed by atoms with Crippen molar-refractivity contribution >= 4 is 11.6 Å². The fraction of sp³-hybridized carbons (Fsp3) is 0.562. The first kappa shape index (κ1) is 15.8. The number of amides is 1. The number of fused-ring (bicyclic) bond motifs is 1. The fourth-order valence-electron chi connectivity index (χ4n) is 2.36. The zero-order valence-corrected chi connectivity index (χ0v) is 12.6. The van der Waals surface area contributed by atoms with Gasteiger partial charge >= 0.3 is 0 Å². The molecule has 116 valence electrons. The lowest BCUT2D eigenvalue weighted by atomic mass is 10.1. The lowest BCUT2D eigenvalue weighted by Gasteiger charge is -2.12. The Hall–Kier alpha value is -1.59. The molecule has 0 bridgehead atoms. The summed E-state index contributed by atoms with van der Waals surface area (Å²) in [5.74, 6) is 0.0755. The first-order chi connectivity index (χ1) is 10.3. The van der Waals surface area contributed by atoms with Crippen LogP contribution in [0.2, 0.25) is 0 Å². The molecule has 1 aromatic carbocycles. The Balaban J connectivity index is 1.55. The van der Waals surface area contributed by atoms with Gasteiger partial charge in [0.25, 0.3) is 0 Å². The van der Waals surface area contributed by atoms with Crippen LogP contribution in [0.1, 0.15) is 18.4 Å². The van der Waals surface area contributed by atoms with Crippen LogP contribution < -0.4 is 10.6 Å². The van der Waals surface area contributed by atoms with Crippen molar-refractivity contribution in [2.45, 2.75) is 25.3 Å². The first-order valence-electron chi connectivity index (χ1n) is 7.50. The van der Waals surface area contributed by atoms with Crippen LogP contribution in [0.4, 0.5) is 5.69 Å². The molecule has 1 amide bonds. The minimum absolute atomic E-state index is 0.0755. The number of unbranched alkanes of at least 4 members (excludes halogenated alkanes) is 1. The number of carbonyl (C=O) groups is 1. The van der Waals surface area contributed by atoms with Gasteiger partial charge in [-0.3, -0.25) is 4.79 Å². The number of ether oxygens (including phenoxy) is 2. The maximum Gasteiger partial charge on any atom is 0.242 e. The van der Waals surface area contributed by atoms with Gasteiger partial charge in [0.15, 0.2) is 0 Å². The number of carbonyl (C=O) groups excluding carboxylic acids is 1. The van der Waals surface area contributed by atoms with Crippen LogP contribution in [0.25, 0.3) is 0 Å². The normalized spacial score (nSPS) is 16.3. The zero-order valence-electron chi connectivity index (χ0n) is 12.6.